The van der Waals surface area contributed by atoms with Crippen LogP contribution in [0.15, 0.2) is 35.0 Å². The Balaban J connectivity index is 2.00. The second kappa shape index (κ2) is 4.84. The molecule has 0 aliphatic rings. The second-order valence-corrected chi connectivity index (χ2v) is 3.49. The Labute approximate surface area is 101 Å². The topological polar surface area (TPSA) is 67.2 Å². The van der Waals surface area contributed by atoms with Gasteiger partial charge in [-0.25, -0.2) is 9.18 Å². The summed E-state index contributed by atoms with van der Waals surface area (Å²) in [4.78, 5) is 11.4. The molecule has 0 saturated carbocycles. The number of carbonyl (C=O) groups is 1. The lowest BCUT2D eigenvalue weighted by molar-refractivity contribution is 0.261. The minimum atomic E-state index is -0.548. The highest BCUT2D eigenvalue weighted by molar-refractivity contribution is 6.31. The number of carbonyl (C=O) groups excluding carboxylic acids is 1. The first-order valence-corrected chi connectivity index (χ1v) is 4.96. The van der Waals surface area contributed by atoms with Crippen LogP contribution in [0.3, 0.4) is 0 Å². The van der Waals surface area contributed by atoms with Crippen molar-refractivity contribution < 1.29 is 13.7 Å². The highest BCUT2D eigenvalue weighted by Gasteiger charge is 2.06. The summed E-state index contributed by atoms with van der Waals surface area (Å²) in [5.41, 5.74) is 0.369. The predicted octanol–water partition coefficient (Wildman–Crippen LogP) is 3.11. The summed E-state index contributed by atoms with van der Waals surface area (Å²) >= 11 is 5.56. The fourth-order valence-corrected chi connectivity index (χ4v) is 1.31. The monoisotopic (exact) mass is 255 g/mol. The van der Waals surface area contributed by atoms with Gasteiger partial charge in [-0.05, 0) is 18.2 Å². The third-order valence-electron chi connectivity index (χ3n) is 1.85. The summed E-state index contributed by atoms with van der Waals surface area (Å²) in [6.45, 7) is 0. The number of urea groups is 1. The van der Waals surface area contributed by atoms with Gasteiger partial charge in [0.15, 0.2) is 0 Å². The lowest BCUT2D eigenvalue weighted by Gasteiger charge is -2.05. The molecule has 0 unspecified atom stereocenters. The Morgan fingerprint density at radius 2 is 2.18 bits per heavy atom. The van der Waals surface area contributed by atoms with E-state index in [4.69, 9.17) is 11.6 Å². The Kier molecular flexibility index (Phi) is 3.24. The number of anilines is 2. The second-order valence-electron chi connectivity index (χ2n) is 3.08. The Morgan fingerprint density at radius 1 is 1.35 bits per heavy atom. The highest BCUT2D eigenvalue weighted by atomic mass is 35.5. The molecule has 0 aliphatic heterocycles. The number of hydrogen-bond acceptors (Lipinski definition) is 3. The van der Waals surface area contributed by atoms with Crippen molar-refractivity contribution in [1.29, 1.82) is 0 Å². The van der Waals surface area contributed by atoms with E-state index in [1.165, 1.54) is 24.4 Å². The third kappa shape index (κ3) is 2.94. The van der Waals surface area contributed by atoms with Gasteiger partial charge in [0.1, 0.15) is 5.82 Å². The molecule has 1 aromatic heterocycles. The van der Waals surface area contributed by atoms with Crippen LogP contribution in [0, 0.1) is 5.82 Å². The van der Waals surface area contributed by atoms with E-state index in [2.05, 4.69) is 20.3 Å². The summed E-state index contributed by atoms with van der Waals surface area (Å²) in [7, 11) is 0. The van der Waals surface area contributed by atoms with Crippen molar-refractivity contribution >= 4 is 29.2 Å². The van der Waals surface area contributed by atoms with Gasteiger partial charge >= 0.3 is 6.03 Å². The van der Waals surface area contributed by atoms with Gasteiger partial charge in [0.05, 0.1) is 11.2 Å². The smallest absolute Gasteiger partial charge is 0.326 e. The maximum Gasteiger partial charge on any atom is 0.326 e. The van der Waals surface area contributed by atoms with Crippen LogP contribution in [0.25, 0.3) is 0 Å². The summed E-state index contributed by atoms with van der Waals surface area (Å²) in [6.07, 6.45) is 1.39. The number of rotatable bonds is 2. The molecule has 1 aromatic carbocycles. The van der Waals surface area contributed by atoms with Gasteiger partial charge in [-0.1, -0.05) is 16.8 Å². The quantitative estimate of drug-likeness (QED) is 0.866. The van der Waals surface area contributed by atoms with E-state index in [0.717, 1.165) is 6.07 Å². The number of hydrogen-bond donors (Lipinski definition) is 2. The summed E-state index contributed by atoms with van der Waals surface area (Å²) in [5, 5.41) is 8.20. The van der Waals surface area contributed by atoms with Crippen molar-refractivity contribution in [3.05, 3.63) is 41.3 Å². The van der Waals surface area contributed by atoms with E-state index in [1.54, 1.807) is 0 Å². The van der Waals surface area contributed by atoms with Gasteiger partial charge in [0.25, 0.3) is 0 Å². The molecule has 0 bridgehead atoms. The van der Waals surface area contributed by atoms with Gasteiger partial charge < -0.3 is 9.84 Å². The molecule has 0 fully saturated rings. The van der Waals surface area contributed by atoms with E-state index in [0.29, 0.717) is 5.69 Å². The SMILES string of the molecule is O=C(Nc1ccc(F)c(Cl)c1)Nc1ccno1. The molecule has 0 saturated heterocycles. The van der Waals surface area contributed by atoms with Crippen molar-refractivity contribution in [2.45, 2.75) is 0 Å². The number of amides is 2. The number of benzene rings is 1. The zero-order chi connectivity index (χ0) is 12.3. The average molecular weight is 256 g/mol. The van der Waals surface area contributed by atoms with Crippen LogP contribution >= 0.6 is 11.6 Å². The molecule has 17 heavy (non-hydrogen) atoms. The minimum absolute atomic E-state index is 0.0672. The molecule has 0 spiro atoms. The molecule has 88 valence electrons. The van der Waals surface area contributed by atoms with Crippen LogP contribution in [0.2, 0.25) is 5.02 Å². The molecule has 5 nitrogen and oxygen atoms in total. The largest absolute Gasteiger partial charge is 0.338 e. The van der Waals surface area contributed by atoms with Crippen molar-refractivity contribution in [3.63, 3.8) is 0 Å². The molecule has 2 amide bonds. The van der Waals surface area contributed by atoms with Gasteiger partial charge in [-0.3, -0.25) is 5.32 Å². The zero-order valence-electron chi connectivity index (χ0n) is 8.41. The molecule has 2 rings (SSSR count). The summed E-state index contributed by atoms with van der Waals surface area (Å²) in [5.74, 6) is -0.344. The Bertz CT molecular complexity index is 530. The maximum atomic E-state index is 12.9. The van der Waals surface area contributed by atoms with E-state index >= 15 is 0 Å². The van der Waals surface area contributed by atoms with Crippen LogP contribution in [0.1, 0.15) is 0 Å². The lowest BCUT2D eigenvalue weighted by atomic mass is 10.3. The van der Waals surface area contributed by atoms with Crippen molar-refractivity contribution in [2.24, 2.45) is 0 Å². The molecular weight excluding hydrogens is 249 g/mol. The van der Waals surface area contributed by atoms with Crippen LogP contribution in [0.5, 0.6) is 0 Å². The molecule has 2 aromatic rings. The highest BCUT2D eigenvalue weighted by Crippen LogP contribution is 2.19. The van der Waals surface area contributed by atoms with Crippen LogP contribution in [0.4, 0.5) is 20.8 Å². The van der Waals surface area contributed by atoms with Crippen molar-refractivity contribution in [2.75, 3.05) is 10.6 Å². The molecule has 0 radical (unpaired) electrons. The van der Waals surface area contributed by atoms with Crippen molar-refractivity contribution in [1.82, 2.24) is 5.16 Å². The minimum Gasteiger partial charge on any atom is -0.338 e. The first-order chi connectivity index (χ1) is 8.15. The molecule has 1 heterocycles. The molecule has 0 aliphatic carbocycles. The first-order valence-electron chi connectivity index (χ1n) is 4.59. The molecule has 7 heteroatoms. The zero-order valence-corrected chi connectivity index (χ0v) is 9.16. The number of nitrogens with one attached hydrogen (secondary N) is 2. The van der Waals surface area contributed by atoms with Gasteiger partial charge in [0.2, 0.25) is 5.88 Å². The van der Waals surface area contributed by atoms with Crippen LogP contribution < -0.4 is 10.6 Å². The number of halogens is 2. The normalized spacial score (nSPS) is 10.0. The lowest BCUT2D eigenvalue weighted by Crippen LogP contribution is -2.19. The van der Waals surface area contributed by atoms with Gasteiger partial charge in [0, 0.05) is 11.8 Å². The standard InChI is InChI=1S/C10H7ClFN3O2/c11-7-5-6(1-2-8(7)12)14-10(16)15-9-3-4-13-17-9/h1-5H,(H2,14,15,16). The number of aromatic nitrogens is 1. The van der Waals surface area contributed by atoms with Crippen LogP contribution in [-0.4, -0.2) is 11.2 Å². The fourth-order valence-electron chi connectivity index (χ4n) is 1.13. The van der Waals surface area contributed by atoms with Gasteiger partial charge in [-0.15, -0.1) is 0 Å². The maximum absolute atomic E-state index is 12.9. The first kappa shape index (κ1) is 11.4. The Morgan fingerprint density at radius 3 is 2.82 bits per heavy atom. The average Bonchev–Trinajstić information content (AvgIpc) is 2.76. The number of nitrogens with zero attached hydrogens (tertiary/aromatic N) is 1. The fraction of sp³-hybridized carbons (Fsp3) is 0. The third-order valence-corrected chi connectivity index (χ3v) is 2.14. The van der Waals surface area contributed by atoms with E-state index in [9.17, 15) is 9.18 Å². The molecular formula is C10H7ClFN3O2. The van der Waals surface area contributed by atoms with E-state index in [1.807, 2.05) is 0 Å². The summed E-state index contributed by atoms with van der Waals surface area (Å²) < 4.78 is 17.5. The molecule has 0 atom stereocenters. The predicted molar refractivity (Wildman–Crippen MR) is 60.6 cm³/mol. The van der Waals surface area contributed by atoms with E-state index in [-0.39, 0.29) is 10.9 Å². The summed E-state index contributed by atoms with van der Waals surface area (Å²) in [6, 6.07) is 4.80. The van der Waals surface area contributed by atoms with Crippen molar-refractivity contribution in [3.8, 4) is 0 Å². The van der Waals surface area contributed by atoms with E-state index < -0.39 is 11.8 Å². The Hall–Kier alpha value is -2.08. The molecule has 2 N–H and O–H groups in total. The van der Waals surface area contributed by atoms with Gasteiger partial charge in [-0.2, -0.15) is 0 Å². The van der Waals surface area contributed by atoms with Crippen LogP contribution in [-0.2, 0) is 0 Å².